The molecular weight excluding hydrogens is 344 g/mol. The van der Waals surface area contributed by atoms with E-state index in [1.807, 2.05) is 24.3 Å². The van der Waals surface area contributed by atoms with Crippen LogP contribution in [-0.4, -0.2) is 30.4 Å². The molecule has 0 aromatic heterocycles. The number of allylic oxidation sites excluding steroid dienone is 2. The zero-order valence-electron chi connectivity index (χ0n) is 15.6. The summed E-state index contributed by atoms with van der Waals surface area (Å²) in [5.74, 6) is 1.71. The average Bonchev–Trinajstić information content (AvgIpc) is 2.67. The minimum atomic E-state index is 0.154. The lowest BCUT2D eigenvalue weighted by atomic mass is 9.89. The quantitative estimate of drug-likeness (QED) is 0.695. The molecule has 1 fully saturated rings. The Morgan fingerprint density at radius 3 is 2.73 bits per heavy atom. The lowest BCUT2D eigenvalue weighted by Crippen LogP contribution is -2.37. The Bertz CT molecular complexity index is 608. The van der Waals surface area contributed by atoms with E-state index in [9.17, 15) is 4.79 Å². The summed E-state index contributed by atoms with van der Waals surface area (Å²) in [6.45, 7) is 4.23. The molecule has 0 spiro atoms. The van der Waals surface area contributed by atoms with Gasteiger partial charge in [-0.1, -0.05) is 35.9 Å². The number of halogens is 1. The molecule has 1 N–H and O–H groups in total. The fourth-order valence-corrected chi connectivity index (χ4v) is 4.33. The second kappa shape index (κ2) is 10.1. The number of amides is 1. The Kier molecular flexibility index (Phi) is 7.57. The molecule has 1 unspecified atom stereocenters. The van der Waals surface area contributed by atoms with Gasteiger partial charge in [-0.2, -0.15) is 0 Å². The fraction of sp³-hybridized carbons (Fsp3) is 0.591. The van der Waals surface area contributed by atoms with Gasteiger partial charge in [0, 0.05) is 24.5 Å². The maximum absolute atomic E-state index is 12.1. The van der Waals surface area contributed by atoms with Crippen LogP contribution in [0.5, 0.6) is 0 Å². The highest BCUT2D eigenvalue weighted by atomic mass is 35.5. The van der Waals surface area contributed by atoms with Crippen LogP contribution >= 0.6 is 11.6 Å². The molecule has 1 aliphatic heterocycles. The standard InChI is InChI=1S/C22H31ClN2O/c23-21-8-4-7-20(15-21)16-24-22(26)10-9-18-11-13-25(14-12-18)17-19-5-2-1-3-6-19/h1-2,4,7-8,15,18-19H,3,5-6,9-14,16-17H2,(H,24,26). The minimum absolute atomic E-state index is 0.154. The molecule has 0 radical (unpaired) electrons. The molecule has 142 valence electrons. The molecule has 26 heavy (non-hydrogen) atoms. The number of carbonyl (C=O) groups excluding carboxylic acids is 1. The van der Waals surface area contributed by atoms with Gasteiger partial charge in [0.25, 0.3) is 0 Å². The SMILES string of the molecule is O=C(CCC1CCN(CC2CC=CCC2)CC1)NCc1cccc(Cl)c1. The van der Waals surface area contributed by atoms with Gasteiger partial charge in [0.15, 0.2) is 0 Å². The maximum Gasteiger partial charge on any atom is 0.220 e. The molecule has 1 aromatic rings. The average molecular weight is 375 g/mol. The van der Waals surface area contributed by atoms with Crippen LogP contribution in [0.15, 0.2) is 36.4 Å². The number of hydrogen-bond donors (Lipinski definition) is 1. The smallest absolute Gasteiger partial charge is 0.220 e. The van der Waals surface area contributed by atoms with Crippen molar-refractivity contribution in [3.8, 4) is 0 Å². The van der Waals surface area contributed by atoms with Crippen molar-refractivity contribution in [2.24, 2.45) is 11.8 Å². The molecule has 3 nitrogen and oxygen atoms in total. The van der Waals surface area contributed by atoms with Crippen molar-refractivity contribution in [2.45, 2.75) is 51.5 Å². The first-order valence-corrected chi connectivity index (χ1v) is 10.5. The summed E-state index contributed by atoms with van der Waals surface area (Å²) >= 11 is 5.98. The normalized spacial score (nSPS) is 21.7. The van der Waals surface area contributed by atoms with Gasteiger partial charge in [0.05, 0.1) is 0 Å². The van der Waals surface area contributed by atoms with Crippen molar-refractivity contribution in [1.29, 1.82) is 0 Å². The molecule has 0 saturated carbocycles. The van der Waals surface area contributed by atoms with E-state index in [0.29, 0.717) is 23.9 Å². The van der Waals surface area contributed by atoms with Crippen LogP contribution in [0.25, 0.3) is 0 Å². The van der Waals surface area contributed by atoms with Crippen molar-refractivity contribution < 1.29 is 4.79 Å². The van der Waals surface area contributed by atoms with E-state index in [1.165, 1.54) is 51.7 Å². The highest BCUT2D eigenvalue weighted by Gasteiger charge is 2.22. The van der Waals surface area contributed by atoms with Crippen LogP contribution in [0.3, 0.4) is 0 Å². The molecule has 1 atom stereocenters. The molecule has 1 aliphatic carbocycles. The number of benzene rings is 1. The van der Waals surface area contributed by atoms with E-state index in [-0.39, 0.29) is 5.91 Å². The van der Waals surface area contributed by atoms with Crippen LogP contribution in [0.2, 0.25) is 5.02 Å². The minimum Gasteiger partial charge on any atom is -0.352 e. The highest BCUT2D eigenvalue weighted by molar-refractivity contribution is 6.30. The Morgan fingerprint density at radius 2 is 2.00 bits per heavy atom. The van der Waals surface area contributed by atoms with Crippen molar-refractivity contribution in [1.82, 2.24) is 10.2 Å². The number of rotatable bonds is 7. The summed E-state index contributed by atoms with van der Waals surface area (Å²) in [4.78, 5) is 14.7. The molecule has 1 aromatic carbocycles. The third-order valence-electron chi connectivity index (χ3n) is 5.76. The molecule has 1 amide bonds. The van der Waals surface area contributed by atoms with Crippen LogP contribution < -0.4 is 5.32 Å². The van der Waals surface area contributed by atoms with Crippen molar-refractivity contribution in [3.05, 3.63) is 47.0 Å². The molecular formula is C22H31ClN2O. The Labute approximate surface area is 162 Å². The third-order valence-corrected chi connectivity index (χ3v) is 5.99. The Morgan fingerprint density at radius 1 is 1.15 bits per heavy atom. The van der Waals surface area contributed by atoms with Crippen LogP contribution in [0, 0.1) is 11.8 Å². The second-order valence-corrected chi connectivity index (χ2v) is 8.28. The fourth-order valence-electron chi connectivity index (χ4n) is 4.12. The number of nitrogens with one attached hydrogen (secondary N) is 1. The number of hydrogen-bond acceptors (Lipinski definition) is 2. The lowest BCUT2D eigenvalue weighted by molar-refractivity contribution is -0.121. The van der Waals surface area contributed by atoms with Crippen LogP contribution in [-0.2, 0) is 11.3 Å². The number of piperidine rings is 1. The maximum atomic E-state index is 12.1. The first-order chi connectivity index (χ1) is 12.7. The zero-order valence-corrected chi connectivity index (χ0v) is 16.4. The van der Waals surface area contributed by atoms with E-state index in [2.05, 4.69) is 22.4 Å². The molecule has 2 aliphatic rings. The molecule has 1 saturated heterocycles. The molecule has 4 heteroatoms. The largest absolute Gasteiger partial charge is 0.352 e. The van der Waals surface area contributed by atoms with Gasteiger partial charge < -0.3 is 10.2 Å². The first kappa shape index (κ1) is 19.4. The van der Waals surface area contributed by atoms with Crippen molar-refractivity contribution in [2.75, 3.05) is 19.6 Å². The van der Waals surface area contributed by atoms with Gasteiger partial charge in [0.1, 0.15) is 0 Å². The van der Waals surface area contributed by atoms with Crippen molar-refractivity contribution in [3.63, 3.8) is 0 Å². The third kappa shape index (κ3) is 6.44. The van der Waals surface area contributed by atoms with Crippen LogP contribution in [0.4, 0.5) is 0 Å². The van der Waals surface area contributed by atoms with E-state index in [0.717, 1.165) is 17.9 Å². The van der Waals surface area contributed by atoms with E-state index in [4.69, 9.17) is 11.6 Å². The van der Waals surface area contributed by atoms with Gasteiger partial charge in [-0.15, -0.1) is 0 Å². The number of nitrogens with zero attached hydrogens (tertiary/aromatic N) is 1. The first-order valence-electron chi connectivity index (χ1n) is 10.1. The van der Waals surface area contributed by atoms with Crippen molar-refractivity contribution >= 4 is 17.5 Å². The summed E-state index contributed by atoms with van der Waals surface area (Å²) in [6.07, 6.45) is 12.7. The summed E-state index contributed by atoms with van der Waals surface area (Å²) in [5, 5.41) is 3.73. The molecule has 3 rings (SSSR count). The van der Waals surface area contributed by atoms with Gasteiger partial charge >= 0.3 is 0 Å². The molecule has 1 heterocycles. The molecule has 0 bridgehead atoms. The number of carbonyl (C=O) groups is 1. The van der Waals surface area contributed by atoms with E-state index < -0.39 is 0 Å². The van der Waals surface area contributed by atoms with Gasteiger partial charge in [0.2, 0.25) is 5.91 Å². The Balaban J connectivity index is 1.29. The van der Waals surface area contributed by atoms with Gasteiger partial charge in [-0.05, 0) is 81.1 Å². The highest BCUT2D eigenvalue weighted by Crippen LogP contribution is 2.25. The topological polar surface area (TPSA) is 32.3 Å². The zero-order chi connectivity index (χ0) is 18.2. The predicted octanol–water partition coefficient (Wildman–Crippen LogP) is 4.80. The second-order valence-electron chi connectivity index (χ2n) is 7.84. The number of likely N-dealkylation sites (tertiary alicyclic amines) is 1. The lowest BCUT2D eigenvalue weighted by Gasteiger charge is -2.34. The summed E-state index contributed by atoms with van der Waals surface area (Å²) < 4.78 is 0. The van der Waals surface area contributed by atoms with E-state index in [1.54, 1.807) is 0 Å². The Hall–Kier alpha value is -1.32. The summed E-state index contributed by atoms with van der Waals surface area (Å²) in [5.41, 5.74) is 1.05. The summed E-state index contributed by atoms with van der Waals surface area (Å²) in [6, 6.07) is 7.66. The van der Waals surface area contributed by atoms with E-state index >= 15 is 0 Å². The monoisotopic (exact) mass is 374 g/mol. The van der Waals surface area contributed by atoms with Crippen LogP contribution in [0.1, 0.15) is 50.5 Å². The summed E-state index contributed by atoms with van der Waals surface area (Å²) in [7, 11) is 0. The predicted molar refractivity (Wildman–Crippen MR) is 108 cm³/mol. The van der Waals surface area contributed by atoms with Gasteiger partial charge in [-0.25, -0.2) is 0 Å². The van der Waals surface area contributed by atoms with Gasteiger partial charge in [-0.3, -0.25) is 4.79 Å².